The number of rotatable bonds is 4. The summed E-state index contributed by atoms with van der Waals surface area (Å²) >= 11 is 6.28. The van der Waals surface area contributed by atoms with Crippen LogP contribution in [-0.4, -0.2) is 9.38 Å². The molecule has 0 unspecified atom stereocenters. The fraction of sp³-hybridized carbons (Fsp3) is 0.125. The Morgan fingerprint density at radius 3 is 2.39 bits per heavy atom. The van der Waals surface area contributed by atoms with Gasteiger partial charge in [0.1, 0.15) is 17.2 Å². The second kappa shape index (κ2) is 7.53. The van der Waals surface area contributed by atoms with Crippen molar-refractivity contribution in [2.24, 2.45) is 0 Å². The van der Waals surface area contributed by atoms with Crippen molar-refractivity contribution in [1.82, 2.24) is 9.38 Å². The van der Waals surface area contributed by atoms with Crippen molar-refractivity contribution in [2.75, 3.05) is 5.32 Å². The summed E-state index contributed by atoms with van der Waals surface area (Å²) in [6.45, 7) is 6.31. The third-order valence-electron chi connectivity index (χ3n) is 4.86. The van der Waals surface area contributed by atoms with E-state index in [1.807, 2.05) is 40.9 Å². The quantitative estimate of drug-likeness (QED) is 0.412. The molecule has 0 fully saturated rings. The minimum absolute atomic E-state index is 0.672. The molecule has 2 aromatic heterocycles. The van der Waals surface area contributed by atoms with Gasteiger partial charge in [-0.2, -0.15) is 0 Å². The number of nitrogens with zero attached hydrogens (tertiary/aromatic N) is 2. The molecule has 1 N–H and O–H groups in total. The van der Waals surface area contributed by atoms with Gasteiger partial charge in [0.2, 0.25) is 0 Å². The van der Waals surface area contributed by atoms with Gasteiger partial charge in [0.15, 0.2) is 0 Å². The summed E-state index contributed by atoms with van der Waals surface area (Å²) in [5.74, 6) is 0.916. The van der Waals surface area contributed by atoms with E-state index in [0.717, 1.165) is 34.0 Å². The highest BCUT2D eigenvalue weighted by Crippen LogP contribution is 2.32. The zero-order chi connectivity index (χ0) is 19.7. The van der Waals surface area contributed by atoms with E-state index in [9.17, 15) is 0 Å². The van der Waals surface area contributed by atoms with Crippen LogP contribution >= 0.6 is 11.6 Å². The van der Waals surface area contributed by atoms with Crippen molar-refractivity contribution in [2.45, 2.75) is 20.8 Å². The van der Waals surface area contributed by atoms with Gasteiger partial charge in [0, 0.05) is 11.9 Å². The van der Waals surface area contributed by atoms with Gasteiger partial charge >= 0.3 is 0 Å². The molecule has 4 aromatic rings. The number of para-hydroxylation sites is 1. The average Bonchev–Trinajstić information content (AvgIpc) is 3.03. The first-order valence-electron chi connectivity index (χ1n) is 9.27. The molecule has 140 valence electrons. The number of halogens is 1. The zero-order valence-corrected chi connectivity index (χ0v) is 17.0. The van der Waals surface area contributed by atoms with Crippen LogP contribution < -0.4 is 5.32 Å². The van der Waals surface area contributed by atoms with Gasteiger partial charge < -0.3 is 5.32 Å². The number of anilines is 2. The largest absolute Gasteiger partial charge is 0.339 e. The van der Waals surface area contributed by atoms with Crippen LogP contribution in [0.25, 0.3) is 17.3 Å². The maximum atomic E-state index is 6.28. The number of allylic oxidation sites excluding steroid dienone is 1. The van der Waals surface area contributed by atoms with E-state index < -0.39 is 0 Å². The van der Waals surface area contributed by atoms with Gasteiger partial charge in [-0.15, -0.1) is 0 Å². The van der Waals surface area contributed by atoms with E-state index in [2.05, 4.69) is 62.5 Å². The zero-order valence-electron chi connectivity index (χ0n) is 16.2. The summed E-state index contributed by atoms with van der Waals surface area (Å²) in [6.07, 6.45) is 4.05. The van der Waals surface area contributed by atoms with Gasteiger partial charge in [-0.25, -0.2) is 4.98 Å². The first-order chi connectivity index (χ1) is 13.5. The van der Waals surface area contributed by atoms with Crippen LogP contribution in [0.2, 0.25) is 5.02 Å². The van der Waals surface area contributed by atoms with Gasteiger partial charge in [-0.1, -0.05) is 60.1 Å². The molecule has 0 bridgehead atoms. The first-order valence-corrected chi connectivity index (χ1v) is 9.65. The minimum atomic E-state index is 0.672. The maximum Gasteiger partial charge on any atom is 0.143 e. The summed E-state index contributed by atoms with van der Waals surface area (Å²) in [4.78, 5) is 4.88. The Hall–Kier alpha value is -3.04. The smallest absolute Gasteiger partial charge is 0.143 e. The summed E-state index contributed by atoms with van der Waals surface area (Å²) < 4.78 is 2.02. The summed E-state index contributed by atoms with van der Waals surface area (Å²) in [6, 6.07) is 20.4. The average molecular weight is 388 g/mol. The topological polar surface area (TPSA) is 29.3 Å². The number of aryl methyl sites for hydroxylation is 2. The van der Waals surface area contributed by atoms with Crippen molar-refractivity contribution in [3.05, 3.63) is 94.3 Å². The van der Waals surface area contributed by atoms with Gasteiger partial charge in [-0.05, 0) is 61.2 Å². The number of hydrogen-bond donors (Lipinski definition) is 1. The van der Waals surface area contributed by atoms with Gasteiger partial charge in [0.05, 0.1) is 5.02 Å². The second-order valence-electron chi connectivity index (χ2n) is 7.01. The van der Waals surface area contributed by atoms with Gasteiger partial charge in [-0.3, -0.25) is 4.40 Å². The van der Waals surface area contributed by atoms with E-state index >= 15 is 0 Å². The fourth-order valence-corrected chi connectivity index (χ4v) is 3.57. The Labute approximate surface area is 170 Å². The van der Waals surface area contributed by atoms with Crippen LogP contribution in [-0.2, 0) is 0 Å². The number of hydrogen-bond acceptors (Lipinski definition) is 2. The maximum absolute atomic E-state index is 6.28. The molecule has 0 radical (unpaired) electrons. The molecule has 2 heterocycles. The molecule has 2 aromatic carbocycles. The first kappa shape index (κ1) is 18.3. The van der Waals surface area contributed by atoms with Crippen molar-refractivity contribution in [3.8, 4) is 0 Å². The van der Waals surface area contributed by atoms with Crippen molar-refractivity contribution in [1.29, 1.82) is 0 Å². The molecule has 0 spiro atoms. The predicted octanol–water partition coefficient (Wildman–Crippen LogP) is 6.91. The van der Waals surface area contributed by atoms with Crippen LogP contribution in [0, 0.1) is 13.8 Å². The van der Waals surface area contributed by atoms with E-state index in [1.54, 1.807) is 0 Å². The molecule has 0 saturated heterocycles. The SMILES string of the molecule is C/C(=C\c1ccccc1)c1nc2ccc(Cl)cn2c1Nc1c(C)cccc1C. The monoisotopic (exact) mass is 387 g/mol. The van der Waals surface area contributed by atoms with E-state index in [0.29, 0.717) is 5.02 Å². The molecule has 4 rings (SSSR count). The number of imidazole rings is 1. The number of nitrogens with one attached hydrogen (secondary N) is 1. The molecule has 0 atom stereocenters. The molecular formula is C24H22ClN3. The van der Waals surface area contributed by atoms with Crippen molar-refractivity contribution in [3.63, 3.8) is 0 Å². The summed E-state index contributed by atoms with van der Waals surface area (Å²) in [7, 11) is 0. The Morgan fingerprint density at radius 2 is 1.68 bits per heavy atom. The van der Waals surface area contributed by atoms with Crippen molar-refractivity contribution < 1.29 is 0 Å². The van der Waals surface area contributed by atoms with Crippen LogP contribution in [0.15, 0.2) is 66.9 Å². The Morgan fingerprint density at radius 1 is 0.964 bits per heavy atom. The normalized spacial score (nSPS) is 11.8. The van der Waals surface area contributed by atoms with Crippen LogP contribution in [0.1, 0.15) is 29.3 Å². The molecular weight excluding hydrogens is 366 g/mol. The molecule has 0 aliphatic heterocycles. The van der Waals surface area contributed by atoms with Gasteiger partial charge in [0.25, 0.3) is 0 Å². The Bertz CT molecular complexity index is 1150. The molecule has 0 amide bonds. The van der Waals surface area contributed by atoms with E-state index in [4.69, 9.17) is 16.6 Å². The summed E-state index contributed by atoms with van der Waals surface area (Å²) in [5.41, 5.74) is 7.47. The number of benzene rings is 2. The fourth-order valence-electron chi connectivity index (χ4n) is 3.41. The number of pyridine rings is 1. The Balaban J connectivity index is 1.89. The molecule has 28 heavy (non-hydrogen) atoms. The van der Waals surface area contributed by atoms with E-state index in [-0.39, 0.29) is 0 Å². The minimum Gasteiger partial charge on any atom is -0.339 e. The number of fused-ring (bicyclic) bond motifs is 1. The van der Waals surface area contributed by atoms with Crippen molar-refractivity contribution >= 4 is 40.4 Å². The second-order valence-corrected chi connectivity index (χ2v) is 7.45. The lowest BCUT2D eigenvalue weighted by molar-refractivity contribution is 1.18. The van der Waals surface area contributed by atoms with Crippen LogP contribution in [0.5, 0.6) is 0 Å². The lowest BCUT2D eigenvalue weighted by Gasteiger charge is -2.14. The number of aromatic nitrogens is 2. The standard InChI is InChI=1S/C24H22ClN3/c1-16-8-7-9-17(2)22(16)27-24-23(18(3)14-19-10-5-4-6-11-19)26-21-13-12-20(25)15-28(21)24/h4-15,27H,1-3H3/b18-14+. The summed E-state index contributed by atoms with van der Waals surface area (Å²) in [5, 5.41) is 4.30. The molecule has 4 heteroatoms. The highest BCUT2D eigenvalue weighted by molar-refractivity contribution is 6.30. The highest BCUT2D eigenvalue weighted by Gasteiger charge is 2.16. The predicted molar refractivity (Wildman–Crippen MR) is 119 cm³/mol. The lowest BCUT2D eigenvalue weighted by atomic mass is 10.1. The third kappa shape index (κ3) is 3.54. The van der Waals surface area contributed by atoms with E-state index in [1.165, 1.54) is 11.1 Å². The lowest BCUT2D eigenvalue weighted by Crippen LogP contribution is -2.01. The molecule has 0 saturated carbocycles. The van der Waals surface area contributed by atoms with Crippen LogP contribution in [0.3, 0.4) is 0 Å². The molecule has 0 aliphatic rings. The Kier molecular flexibility index (Phi) is 4.93. The highest BCUT2D eigenvalue weighted by atomic mass is 35.5. The third-order valence-corrected chi connectivity index (χ3v) is 5.09. The molecule has 0 aliphatic carbocycles. The van der Waals surface area contributed by atoms with Crippen LogP contribution in [0.4, 0.5) is 11.5 Å². The molecule has 3 nitrogen and oxygen atoms in total.